The number of hydrogen-bond acceptors (Lipinski definition) is 5. The second kappa shape index (κ2) is 6.28. The Kier molecular flexibility index (Phi) is 3.83. The van der Waals surface area contributed by atoms with E-state index in [1.54, 1.807) is 6.20 Å². The molecule has 0 radical (unpaired) electrons. The van der Waals surface area contributed by atoms with Crippen LogP contribution in [0.5, 0.6) is 0 Å². The van der Waals surface area contributed by atoms with Gasteiger partial charge in [-0.15, -0.1) is 5.10 Å². The van der Waals surface area contributed by atoms with Gasteiger partial charge in [-0.1, -0.05) is 48.5 Å². The molecule has 1 atom stereocenters. The number of aromatic nitrogens is 3. The average molecular weight is 317 g/mol. The number of nitrogens with zero attached hydrogens (tertiary/aromatic N) is 4. The molecule has 2 heterocycles. The van der Waals surface area contributed by atoms with Crippen LogP contribution in [0.2, 0.25) is 0 Å². The molecule has 1 aromatic heterocycles. The fraction of sp³-hybridized carbons (Fsp3) is 0.211. The zero-order valence-electron chi connectivity index (χ0n) is 13.6. The molecule has 0 spiro atoms. The number of hydrogen-bond donors (Lipinski definition) is 1. The quantitative estimate of drug-likeness (QED) is 0.797. The van der Waals surface area contributed by atoms with E-state index >= 15 is 0 Å². The summed E-state index contributed by atoms with van der Waals surface area (Å²) in [5.74, 6) is 1.38. The molecule has 3 aromatic rings. The summed E-state index contributed by atoms with van der Waals surface area (Å²) in [6.45, 7) is 2.89. The highest BCUT2D eigenvalue weighted by Gasteiger charge is 2.28. The topological polar surface area (TPSA) is 53.9 Å². The Labute approximate surface area is 141 Å². The molecule has 1 N–H and O–H groups in total. The predicted octanol–water partition coefficient (Wildman–Crippen LogP) is 3.57. The predicted molar refractivity (Wildman–Crippen MR) is 95.3 cm³/mol. The monoisotopic (exact) mass is 317 g/mol. The van der Waals surface area contributed by atoms with Gasteiger partial charge in [-0.25, -0.2) is 0 Å². The third kappa shape index (κ3) is 2.80. The maximum Gasteiger partial charge on any atom is 0.244 e. The first-order valence-electron chi connectivity index (χ1n) is 8.16. The molecular weight excluding hydrogens is 298 g/mol. The third-order valence-electron chi connectivity index (χ3n) is 4.29. The van der Waals surface area contributed by atoms with Crippen molar-refractivity contribution < 1.29 is 0 Å². The van der Waals surface area contributed by atoms with Crippen molar-refractivity contribution in [1.29, 1.82) is 0 Å². The van der Waals surface area contributed by atoms with E-state index in [0.717, 1.165) is 12.2 Å². The lowest BCUT2D eigenvalue weighted by atomic mass is 10.1. The van der Waals surface area contributed by atoms with Gasteiger partial charge in [0.2, 0.25) is 5.95 Å². The van der Waals surface area contributed by atoms with Crippen LogP contribution in [0.1, 0.15) is 18.1 Å². The van der Waals surface area contributed by atoms with Crippen molar-refractivity contribution in [3.8, 4) is 0 Å². The summed E-state index contributed by atoms with van der Waals surface area (Å²) < 4.78 is 0. The first kappa shape index (κ1) is 14.6. The van der Waals surface area contributed by atoms with Crippen molar-refractivity contribution in [2.24, 2.45) is 0 Å². The molecule has 5 nitrogen and oxygen atoms in total. The Balaban J connectivity index is 1.57. The molecule has 2 aromatic carbocycles. The van der Waals surface area contributed by atoms with E-state index in [9.17, 15) is 0 Å². The van der Waals surface area contributed by atoms with Gasteiger partial charge in [-0.2, -0.15) is 10.1 Å². The number of anilines is 3. The van der Waals surface area contributed by atoms with Gasteiger partial charge in [0.25, 0.3) is 0 Å². The maximum atomic E-state index is 4.66. The Bertz CT molecular complexity index is 834. The molecule has 0 aliphatic carbocycles. The summed E-state index contributed by atoms with van der Waals surface area (Å²) in [4.78, 5) is 6.89. The minimum atomic E-state index is 0.362. The third-order valence-corrected chi connectivity index (χ3v) is 4.29. The van der Waals surface area contributed by atoms with Gasteiger partial charge >= 0.3 is 0 Å². The normalized spacial score (nSPS) is 16.0. The van der Waals surface area contributed by atoms with Crippen LogP contribution in [0.15, 0.2) is 60.8 Å². The lowest BCUT2D eigenvalue weighted by Crippen LogP contribution is -2.25. The highest BCUT2D eigenvalue weighted by atomic mass is 15.3. The van der Waals surface area contributed by atoms with Gasteiger partial charge in [0.05, 0.1) is 6.20 Å². The minimum absolute atomic E-state index is 0.362. The second-order valence-corrected chi connectivity index (χ2v) is 6.03. The molecule has 24 heavy (non-hydrogen) atoms. The van der Waals surface area contributed by atoms with Gasteiger partial charge < -0.3 is 10.2 Å². The molecule has 120 valence electrons. The SMILES string of the molecule is CC1Cc2ccccc2N1c1cnnc(NCc2ccccc2)n1. The lowest BCUT2D eigenvalue weighted by Gasteiger charge is -2.23. The number of nitrogens with one attached hydrogen (secondary N) is 1. The van der Waals surface area contributed by atoms with E-state index < -0.39 is 0 Å². The summed E-state index contributed by atoms with van der Waals surface area (Å²) in [5, 5.41) is 11.5. The summed E-state index contributed by atoms with van der Waals surface area (Å²) in [5.41, 5.74) is 3.74. The molecule has 0 bridgehead atoms. The number of benzene rings is 2. The highest BCUT2D eigenvalue weighted by molar-refractivity contribution is 5.68. The summed E-state index contributed by atoms with van der Waals surface area (Å²) in [7, 11) is 0. The summed E-state index contributed by atoms with van der Waals surface area (Å²) in [6, 6.07) is 19.0. The van der Waals surface area contributed by atoms with E-state index in [1.165, 1.54) is 16.8 Å². The first-order valence-corrected chi connectivity index (χ1v) is 8.16. The van der Waals surface area contributed by atoms with Gasteiger partial charge in [-0.3, -0.25) is 0 Å². The van der Waals surface area contributed by atoms with E-state index in [0.29, 0.717) is 18.5 Å². The van der Waals surface area contributed by atoms with Crippen molar-refractivity contribution in [3.63, 3.8) is 0 Å². The Morgan fingerprint density at radius 2 is 1.88 bits per heavy atom. The molecule has 1 aliphatic heterocycles. The van der Waals surface area contributed by atoms with Crippen molar-refractivity contribution in [2.45, 2.75) is 25.9 Å². The zero-order chi connectivity index (χ0) is 16.4. The molecule has 4 rings (SSSR count). The average Bonchev–Trinajstić information content (AvgIpc) is 2.97. The van der Waals surface area contributed by atoms with Crippen molar-refractivity contribution >= 4 is 17.5 Å². The molecule has 0 saturated carbocycles. The van der Waals surface area contributed by atoms with Crippen LogP contribution >= 0.6 is 0 Å². The van der Waals surface area contributed by atoms with Crippen molar-refractivity contribution in [1.82, 2.24) is 15.2 Å². The van der Waals surface area contributed by atoms with Crippen LogP contribution in [0.4, 0.5) is 17.5 Å². The van der Waals surface area contributed by atoms with E-state index in [2.05, 4.69) is 68.7 Å². The fourth-order valence-electron chi connectivity index (χ4n) is 3.18. The molecule has 0 saturated heterocycles. The van der Waals surface area contributed by atoms with Crippen molar-refractivity contribution in [2.75, 3.05) is 10.2 Å². The lowest BCUT2D eigenvalue weighted by molar-refractivity contribution is 0.744. The van der Waals surface area contributed by atoms with Crippen LogP contribution in [-0.4, -0.2) is 21.2 Å². The van der Waals surface area contributed by atoms with Crippen LogP contribution in [0.3, 0.4) is 0 Å². The maximum absolute atomic E-state index is 4.66. The van der Waals surface area contributed by atoms with Gasteiger partial charge in [0.15, 0.2) is 5.82 Å². The van der Waals surface area contributed by atoms with Gasteiger partial charge in [0.1, 0.15) is 0 Å². The fourth-order valence-corrected chi connectivity index (χ4v) is 3.18. The van der Waals surface area contributed by atoms with Gasteiger partial charge in [0, 0.05) is 18.3 Å². The van der Waals surface area contributed by atoms with E-state index in [-0.39, 0.29) is 0 Å². The van der Waals surface area contributed by atoms with Crippen molar-refractivity contribution in [3.05, 3.63) is 71.9 Å². The smallest absolute Gasteiger partial charge is 0.244 e. The zero-order valence-corrected chi connectivity index (χ0v) is 13.6. The van der Waals surface area contributed by atoms with Crippen LogP contribution in [0, 0.1) is 0 Å². The molecule has 5 heteroatoms. The first-order chi connectivity index (χ1) is 11.8. The Morgan fingerprint density at radius 1 is 1.08 bits per heavy atom. The number of fused-ring (bicyclic) bond motifs is 1. The Morgan fingerprint density at radius 3 is 2.75 bits per heavy atom. The number of rotatable bonds is 4. The summed E-state index contributed by atoms with van der Waals surface area (Å²) >= 11 is 0. The molecular formula is C19H19N5. The second-order valence-electron chi connectivity index (χ2n) is 6.03. The van der Waals surface area contributed by atoms with Gasteiger partial charge in [-0.05, 0) is 30.5 Å². The Hall–Kier alpha value is -2.95. The van der Waals surface area contributed by atoms with Crippen LogP contribution < -0.4 is 10.2 Å². The molecule has 0 fully saturated rings. The van der Waals surface area contributed by atoms with E-state index in [1.807, 2.05) is 18.2 Å². The molecule has 0 amide bonds. The molecule has 1 aliphatic rings. The standard InChI is InChI=1S/C19H19N5/c1-14-11-16-9-5-6-10-17(16)24(14)18-13-21-23-19(22-18)20-12-15-7-3-2-4-8-15/h2-10,13-14H,11-12H2,1H3,(H,20,22,23). The summed E-state index contributed by atoms with van der Waals surface area (Å²) in [6.07, 6.45) is 2.75. The minimum Gasteiger partial charge on any atom is -0.349 e. The van der Waals surface area contributed by atoms with Crippen LogP contribution in [-0.2, 0) is 13.0 Å². The molecule has 1 unspecified atom stereocenters. The highest BCUT2D eigenvalue weighted by Crippen LogP contribution is 2.36. The van der Waals surface area contributed by atoms with Crippen LogP contribution in [0.25, 0.3) is 0 Å². The largest absolute Gasteiger partial charge is 0.349 e. The number of para-hydroxylation sites is 1. The van der Waals surface area contributed by atoms with E-state index in [4.69, 9.17) is 0 Å².